The van der Waals surface area contributed by atoms with E-state index in [1.807, 2.05) is 0 Å². The molecule has 12 heavy (non-hydrogen) atoms. The topological polar surface area (TPSA) is 80.9 Å². The van der Waals surface area contributed by atoms with Crippen LogP contribution in [0.3, 0.4) is 0 Å². The summed E-state index contributed by atoms with van der Waals surface area (Å²) in [5.41, 5.74) is 0. The molecule has 72 valence electrons. The molecule has 0 bridgehead atoms. The highest BCUT2D eigenvalue weighted by Crippen LogP contribution is 2.27. The number of aliphatic hydroxyl groups is 4. The molecule has 0 aromatic heterocycles. The Morgan fingerprint density at radius 1 is 1.00 bits per heavy atom. The molecular weight excluding hydrogens is 160 g/mol. The van der Waals surface area contributed by atoms with Crippen molar-refractivity contribution in [2.24, 2.45) is 5.92 Å². The smallest absolute Gasteiger partial charge is 0.0852 e. The minimum absolute atomic E-state index is 0.0640. The molecule has 0 radical (unpaired) electrons. The van der Waals surface area contributed by atoms with Gasteiger partial charge in [0.25, 0.3) is 0 Å². The van der Waals surface area contributed by atoms with Crippen LogP contribution in [0.5, 0.6) is 0 Å². The largest absolute Gasteiger partial charge is 0.396 e. The van der Waals surface area contributed by atoms with Crippen molar-refractivity contribution in [1.82, 2.24) is 0 Å². The highest BCUT2D eigenvalue weighted by atomic mass is 16.3. The van der Waals surface area contributed by atoms with Crippen LogP contribution in [0.25, 0.3) is 0 Å². The molecule has 0 unspecified atom stereocenters. The summed E-state index contributed by atoms with van der Waals surface area (Å²) >= 11 is 0. The summed E-state index contributed by atoms with van der Waals surface area (Å²) in [6, 6.07) is 0. The van der Waals surface area contributed by atoms with Crippen molar-refractivity contribution < 1.29 is 20.4 Å². The average Bonchev–Trinajstić information content (AvgIpc) is 2.06. The summed E-state index contributed by atoms with van der Waals surface area (Å²) < 4.78 is 0. The highest BCUT2D eigenvalue weighted by Gasteiger charge is 2.35. The van der Waals surface area contributed by atoms with Gasteiger partial charge >= 0.3 is 0 Å². The Kier molecular flexibility index (Phi) is 3.46. The zero-order valence-corrected chi connectivity index (χ0v) is 6.93. The lowest BCUT2D eigenvalue weighted by Crippen LogP contribution is -2.45. The van der Waals surface area contributed by atoms with Gasteiger partial charge in [-0.05, 0) is 19.3 Å². The fourth-order valence-electron chi connectivity index (χ4n) is 1.75. The minimum Gasteiger partial charge on any atom is -0.396 e. The van der Waals surface area contributed by atoms with E-state index in [0.717, 1.165) is 0 Å². The molecule has 1 saturated carbocycles. The van der Waals surface area contributed by atoms with E-state index in [2.05, 4.69) is 0 Å². The van der Waals surface area contributed by atoms with Crippen molar-refractivity contribution in [3.8, 4) is 0 Å². The van der Waals surface area contributed by atoms with E-state index in [9.17, 15) is 15.3 Å². The predicted molar refractivity (Wildman–Crippen MR) is 42.4 cm³/mol. The molecule has 1 fully saturated rings. The first-order valence-electron chi connectivity index (χ1n) is 4.32. The Hall–Kier alpha value is -0.160. The van der Waals surface area contributed by atoms with Crippen molar-refractivity contribution in [1.29, 1.82) is 0 Å². The van der Waals surface area contributed by atoms with E-state index < -0.39 is 18.3 Å². The molecular formula is C8H16O4. The average molecular weight is 176 g/mol. The molecule has 4 nitrogen and oxygen atoms in total. The Morgan fingerprint density at radius 3 is 2.17 bits per heavy atom. The van der Waals surface area contributed by atoms with Crippen LogP contribution >= 0.6 is 0 Å². The molecule has 0 aromatic rings. The third-order valence-electron chi connectivity index (χ3n) is 2.55. The molecule has 0 aliphatic heterocycles. The second-order valence-corrected chi connectivity index (χ2v) is 3.38. The van der Waals surface area contributed by atoms with Gasteiger partial charge in [-0.1, -0.05) is 0 Å². The summed E-state index contributed by atoms with van der Waals surface area (Å²) in [6.07, 6.45) is -0.937. The molecule has 0 aromatic carbocycles. The Labute approximate surface area is 71.5 Å². The van der Waals surface area contributed by atoms with Crippen LogP contribution in [0.15, 0.2) is 0 Å². The normalized spacial score (nSPS) is 43.0. The van der Waals surface area contributed by atoms with Gasteiger partial charge in [-0.15, -0.1) is 0 Å². The van der Waals surface area contributed by atoms with Gasteiger partial charge in [0.05, 0.1) is 18.3 Å². The number of rotatable bonds is 2. The molecule has 1 aliphatic rings. The van der Waals surface area contributed by atoms with Crippen LogP contribution in [-0.4, -0.2) is 45.3 Å². The Morgan fingerprint density at radius 2 is 1.58 bits per heavy atom. The van der Waals surface area contributed by atoms with Crippen molar-refractivity contribution >= 4 is 0 Å². The summed E-state index contributed by atoms with van der Waals surface area (Å²) in [7, 11) is 0. The first-order valence-corrected chi connectivity index (χ1v) is 4.32. The van der Waals surface area contributed by atoms with Crippen molar-refractivity contribution in [3.05, 3.63) is 0 Å². The fourth-order valence-corrected chi connectivity index (χ4v) is 1.75. The van der Waals surface area contributed by atoms with E-state index >= 15 is 0 Å². The van der Waals surface area contributed by atoms with Crippen LogP contribution < -0.4 is 0 Å². The lowest BCUT2D eigenvalue weighted by molar-refractivity contribution is -0.0999. The van der Waals surface area contributed by atoms with Gasteiger partial charge < -0.3 is 20.4 Å². The van der Waals surface area contributed by atoms with Crippen LogP contribution in [0.1, 0.15) is 19.3 Å². The Bertz CT molecular complexity index is 139. The third kappa shape index (κ3) is 1.95. The SMILES string of the molecule is OCC[C@@H]1[C@H](O)[C@@H](O)CC[C@H]1O. The van der Waals surface area contributed by atoms with Gasteiger partial charge in [0.2, 0.25) is 0 Å². The van der Waals surface area contributed by atoms with Gasteiger partial charge in [-0.25, -0.2) is 0 Å². The molecule has 4 atom stereocenters. The molecule has 0 heterocycles. The van der Waals surface area contributed by atoms with Crippen LogP contribution in [0.4, 0.5) is 0 Å². The lowest BCUT2D eigenvalue weighted by atomic mass is 9.80. The monoisotopic (exact) mass is 176 g/mol. The standard InChI is InChI=1S/C8H16O4/c9-4-3-5-6(10)1-2-7(11)8(5)12/h5-12H,1-4H2/t5-,6+,7-,8-/m0/s1. The highest BCUT2D eigenvalue weighted by molar-refractivity contribution is 4.86. The maximum Gasteiger partial charge on any atom is 0.0852 e. The van der Waals surface area contributed by atoms with Crippen molar-refractivity contribution in [3.63, 3.8) is 0 Å². The van der Waals surface area contributed by atoms with E-state index in [-0.39, 0.29) is 12.5 Å². The number of aliphatic hydroxyl groups excluding tert-OH is 4. The summed E-state index contributed by atoms with van der Waals surface area (Å²) in [6.45, 7) is -0.0640. The molecule has 0 spiro atoms. The molecule has 1 aliphatic carbocycles. The first-order chi connectivity index (χ1) is 5.66. The number of hydrogen-bond acceptors (Lipinski definition) is 4. The molecule has 0 amide bonds. The minimum atomic E-state index is -0.888. The summed E-state index contributed by atoms with van der Waals surface area (Å²) in [5, 5.41) is 36.7. The number of hydrogen-bond donors (Lipinski definition) is 4. The maximum absolute atomic E-state index is 9.42. The quantitative estimate of drug-likeness (QED) is 0.429. The first kappa shape index (κ1) is 9.92. The zero-order valence-electron chi connectivity index (χ0n) is 6.93. The van der Waals surface area contributed by atoms with E-state index in [1.54, 1.807) is 0 Å². The van der Waals surface area contributed by atoms with E-state index in [0.29, 0.717) is 19.3 Å². The van der Waals surface area contributed by atoms with Crippen molar-refractivity contribution in [2.45, 2.75) is 37.6 Å². The van der Waals surface area contributed by atoms with E-state index in [4.69, 9.17) is 5.11 Å². The van der Waals surface area contributed by atoms with Crippen LogP contribution in [0, 0.1) is 5.92 Å². The maximum atomic E-state index is 9.42. The second-order valence-electron chi connectivity index (χ2n) is 3.38. The van der Waals surface area contributed by atoms with Gasteiger partial charge in [0.1, 0.15) is 0 Å². The van der Waals surface area contributed by atoms with Crippen molar-refractivity contribution in [2.75, 3.05) is 6.61 Å². The lowest BCUT2D eigenvalue weighted by Gasteiger charge is -2.35. The predicted octanol–water partition coefficient (Wildman–Crippen LogP) is -1.14. The van der Waals surface area contributed by atoms with Gasteiger partial charge in [-0.2, -0.15) is 0 Å². The summed E-state index contributed by atoms with van der Waals surface area (Å²) in [5.74, 6) is -0.376. The van der Waals surface area contributed by atoms with Gasteiger partial charge in [-0.3, -0.25) is 0 Å². The molecule has 1 rings (SSSR count). The van der Waals surface area contributed by atoms with Gasteiger partial charge in [0.15, 0.2) is 0 Å². The molecule has 0 saturated heterocycles. The van der Waals surface area contributed by atoms with Crippen LogP contribution in [0.2, 0.25) is 0 Å². The van der Waals surface area contributed by atoms with Crippen LogP contribution in [-0.2, 0) is 0 Å². The van der Waals surface area contributed by atoms with E-state index in [1.165, 1.54) is 0 Å². The summed E-state index contributed by atoms with van der Waals surface area (Å²) in [4.78, 5) is 0. The molecule has 4 heteroatoms. The third-order valence-corrected chi connectivity index (χ3v) is 2.55. The fraction of sp³-hybridized carbons (Fsp3) is 1.00. The second kappa shape index (κ2) is 4.18. The zero-order chi connectivity index (χ0) is 9.14. The Balaban J connectivity index is 2.52. The van der Waals surface area contributed by atoms with Gasteiger partial charge in [0, 0.05) is 12.5 Å². The molecule has 4 N–H and O–H groups in total.